The van der Waals surface area contributed by atoms with E-state index in [-0.39, 0.29) is 22.5 Å². The molecule has 0 radical (unpaired) electrons. The molecule has 0 atom stereocenters. The van der Waals surface area contributed by atoms with Gasteiger partial charge in [-0.3, -0.25) is 4.79 Å². The third kappa shape index (κ3) is 4.82. The minimum absolute atomic E-state index is 0.0688. The lowest BCUT2D eigenvalue weighted by molar-refractivity contribution is 0.104. The molecule has 0 fully saturated rings. The number of methoxy groups -OCH3 is 1. The van der Waals surface area contributed by atoms with Gasteiger partial charge < -0.3 is 23.8 Å². The standard InChI is InChI=1S/C25H20FNO7S/c1-15(27-17-6-4-3-5-7-17)14-20(28)21-22(29)25(24-19(12-13-33-24)23(21)32-2)35(30,31)34-18-10-8-16(26)9-11-18/h3-14,27,29H,1-2H3/b15-14-. The zero-order valence-electron chi connectivity index (χ0n) is 18.6. The fourth-order valence-electron chi connectivity index (χ4n) is 3.51. The Kier molecular flexibility index (Phi) is 6.48. The lowest BCUT2D eigenvalue weighted by Gasteiger charge is -2.15. The lowest BCUT2D eigenvalue weighted by atomic mass is 10.0. The van der Waals surface area contributed by atoms with Crippen LogP contribution < -0.4 is 14.2 Å². The van der Waals surface area contributed by atoms with Crippen LogP contribution >= 0.6 is 0 Å². The molecule has 3 aromatic carbocycles. The van der Waals surface area contributed by atoms with Crippen LogP contribution in [0.5, 0.6) is 17.2 Å². The van der Waals surface area contributed by atoms with Crippen molar-refractivity contribution in [2.24, 2.45) is 0 Å². The van der Waals surface area contributed by atoms with Gasteiger partial charge in [0.15, 0.2) is 22.0 Å². The van der Waals surface area contributed by atoms with E-state index in [0.29, 0.717) is 5.70 Å². The van der Waals surface area contributed by atoms with Crippen molar-refractivity contribution in [3.8, 4) is 17.2 Å². The number of ketones is 1. The number of carbonyl (C=O) groups is 1. The van der Waals surface area contributed by atoms with Crippen LogP contribution in [0.2, 0.25) is 0 Å². The highest BCUT2D eigenvalue weighted by molar-refractivity contribution is 7.87. The predicted molar refractivity (Wildman–Crippen MR) is 127 cm³/mol. The van der Waals surface area contributed by atoms with Crippen LogP contribution in [0.1, 0.15) is 17.3 Å². The van der Waals surface area contributed by atoms with E-state index in [9.17, 15) is 22.7 Å². The Morgan fingerprint density at radius 1 is 1.09 bits per heavy atom. The molecule has 180 valence electrons. The number of para-hydroxylation sites is 1. The minimum atomic E-state index is -4.72. The van der Waals surface area contributed by atoms with Gasteiger partial charge in [0.2, 0.25) is 0 Å². The summed E-state index contributed by atoms with van der Waals surface area (Å²) in [5.74, 6) is -2.48. The van der Waals surface area contributed by atoms with Crippen molar-refractivity contribution in [3.63, 3.8) is 0 Å². The summed E-state index contributed by atoms with van der Waals surface area (Å²) in [5.41, 5.74) is 0.506. The van der Waals surface area contributed by atoms with Crippen molar-refractivity contribution in [1.82, 2.24) is 0 Å². The SMILES string of the molecule is COc1c(C(=O)/C=C(/C)Nc2ccccc2)c(O)c(S(=O)(=O)Oc2ccc(F)cc2)c2occc12. The number of ether oxygens (including phenoxy) is 1. The monoisotopic (exact) mass is 497 g/mol. The van der Waals surface area contributed by atoms with Gasteiger partial charge in [-0.2, -0.15) is 8.42 Å². The molecule has 0 aliphatic rings. The van der Waals surface area contributed by atoms with Crippen LogP contribution in [-0.2, 0) is 10.1 Å². The number of halogens is 1. The fourth-order valence-corrected chi connectivity index (χ4v) is 4.68. The summed E-state index contributed by atoms with van der Waals surface area (Å²) in [7, 11) is -3.44. The summed E-state index contributed by atoms with van der Waals surface area (Å²) in [5, 5.41) is 14.2. The number of allylic oxidation sites excluding steroid dienone is 2. The number of fused-ring (bicyclic) bond motifs is 1. The second-order valence-corrected chi connectivity index (χ2v) is 8.91. The maximum absolute atomic E-state index is 13.2. The molecule has 10 heteroatoms. The Morgan fingerprint density at radius 2 is 1.77 bits per heavy atom. The van der Waals surface area contributed by atoms with Crippen molar-refractivity contribution >= 4 is 32.6 Å². The first-order valence-electron chi connectivity index (χ1n) is 10.3. The second kappa shape index (κ2) is 9.51. The van der Waals surface area contributed by atoms with Crippen molar-refractivity contribution in [2.75, 3.05) is 12.4 Å². The fraction of sp³-hybridized carbons (Fsp3) is 0.0800. The molecule has 1 heterocycles. The third-order valence-electron chi connectivity index (χ3n) is 4.98. The maximum atomic E-state index is 13.2. The van der Waals surface area contributed by atoms with Gasteiger partial charge in [-0.1, -0.05) is 18.2 Å². The normalized spacial score (nSPS) is 11.9. The molecular formula is C25H20FNO7S. The Morgan fingerprint density at radius 3 is 2.43 bits per heavy atom. The molecule has 0 bridgehead atoms. The van der Waals surface area contributed by atoms with Gasteiger partial charge in [0.1, 0.15) is 22.9 Å². The molecule has 4 rings (SSSR count). The van der Waals surface area contributed by atoms with E-state index in [4.69, 9.17) is 13.3 Å². The number of nitrogens with one attached hydrogen (secondary N) is 1. The smallest absolute Gasteiger partial charge is 0.346 e. The maximum Gasteiger partial charge on any atom is 0.346 e. The van der Waals surface area contributed by atoms with E-state index < -0.39 is 37.9 Å². The molecule has 0 amide bonds. The summed E-state index contributed by atoms with van der Waals surface area (Å²) < 4.78 is 55.2. The Labute approximate surface area is 200 Å². The molecule has 4 aromatic rings. The van der Waals surface area contributed by atoms with E-state index in [1.165, 1.54) is 25.5 Å². The highest BCUT2D eigenvalue weighted by Gasteiger charge is 2.34. The number of rotatable bonds is 8. The number of phenols is 1. The predicted octanol–water partition coefficient (Wildman–Crippen LogP) is 5.25. The van der Waals surface area contributed by atoms with Gasteiger partial charge in [0, 0.05) is 17.5 Å². The molecule has 8 nitrogen and oxygen atoms in total. The van der Waals surface area contributed by atoms with Crippen molar-refractivity contribution in [2.45, 2.75) is 11.8 Å². The molecule has 0 saturated carbocycles. The van der Waals surface area contributed by atoms with Gasteiger partial charge in [-0.25, -0.2) is 4.39 Å². The van der Waals surface area contributed by atoms with Crippen LogP contribution in [0.15, 0.2) is 88.0 Å². The zero-order valence-corrected chi connectivity index (χ0v) is 19.4. The van der Waals surface area contributed by atoms with E-state index in [2.05, 4.69) is 5.32 Å². The number of carbonyl (C=O) groups excluding carboxylic acids is 1. The topological polar surface area (TPSA) is 115 Å². The Balaban J connectivity index is 1.82. The molecule has 0 aliphatic heterocycles. The molecule has 35 heavy (non-hydrogen) atoms. The third-order valence-corrected chi connectivity index (χ3v) is 6.27. The molecule has 0 saturated heterocycles. The van der Waals surface area contributed by atoms with E-state index in [1.54, 1.807) is 19.1 Å². The first-order chi connectivity index (χ1) is 16.7. The summed E-state index contributed by atoms with van der Waals surface area (Å²) in [6.07, 6.45) is 2.39. The minimum Gasteiger partial charge on any atom is -0.505 e. The zero-order chi connectivity index (χ0) is 25.2. The molecule has 2 N–H and O–H groups in total. The summed E-state index contributed by atoms with van der Waals surface area (Å²) in [6, 6.07) is 14.7. The first-order valence-corrected chi connectivity index (χ1v) is 11.7. The van der Waals surface area contributed by atoms with Crippen molar-refractivity contribution < 1.29 is 36.0 Å². The lowest BCUT2D eigenvalue weighted by Crippen LogP contribution is -2.13. The first kappa shape index (κ1) is 23.8. The molecular weight excluding hydrogens is 477 g/mol. The number of hydrogen-bond donors (Lipinski definition) is 2. The van der Waals surface area contributed by atoms with E-state index in [1.807, 2.05) is 18.2 Å². The average molecular weight is 498 g/mol. The van der Waals surface area contributed by atoms with Gasteiger partial charge in [-0.05, 0) is 49.4 Å². The van der Waals surface area contributed by atoms with Crippen LogP contribution in [0.25, 0.3) is 11.0 Å². The molecule has 1 aromatic heterocycles. The molecule has 0 aliphatic carbocycles. The summed E-state index contributed by atoms with van der Waals surface area (Å²) in [4.78, 5) is 12.5. The number of phenolic OH excluding ortho intramolecular Hbond substituents is 1. The quantitative estimate of drug-likeness (QED) is 0.193. The van der Waals surface area contributed by atoms with E-state index >= 15 is 0 Å². The van der Waals surface area contributed by atoms with Crippen LogP contribution in [0, 0.1) is 5.82 Å². The Hall–Kier alpha value is -4.31. The molecule has 0 spiro atoms. The Bertz CT molecular complexity index is 1530. The van der Waals surface area contributed by atoms with Crippen molar-refractivity contribution in [3.05, 3.63) is 90.1 Å². The highest BCUT2D eigenvalue weighted by Crippen LogP contribution is 2.44. The van der Waals surface area contributed by atoms with Crippen molar-refractivity contribution in [1.29, 1.82) is 0 Å². The number of furan rings is 1. The number of hydrogen-bond acceptors (Lipinski definition) is 8. The average Bonchev–Trinajstić information content (AvgIpc) is 3.28. The second-order valence-electron chi connectivity index (χ2n) is 7.42. The van der Waals surface area contributed by atoms with Crippen LogP contribution in [0.3, 0.4) is 0 Å². The highest BCUT2D eigenvalue weighted by atomic mass is 32.2. The van der Waals surface area contributed by atoms with E-state index in [0.717, 1.165) is 30.0 Å². The number of anilines is 1. The summed E-state index contributed by atoms with van der Waals surface area (Å²) in [6.45, 7) is 1.64. The van der Waals surface area contributed by atoms with Crippen LogP contribution in [-0.4, -0.2) is 26.4 Å². The van der Waals surface area contributed by atoms with Gasteiger partial charge >= 0.3 is 10.1 Å². The number of aromatic hydroxyl groups is 1. The molecule has 0 unspecified atom stereocenters. The van der Waals surface area contributed by atoms with Gasteiger partial charge in [0.05, 0.1) is 18.8 Å². The largest absolute Gasteiger partial charge is 0.505 e. The summed E-state index contributed by atoms with van der Waals surface area (Å²) >= 11 is 0. The van der Waals surface area contributed by atoms with Gasteiger partial charge in [0.25, 0.3) is 0 Å². The number of benzene rings is 3. The van der Waals surface area contributed by atoms with Gasteiger partial charge in [-0.15, -0.1) is 0 Å². The van der Waals surface area contributed by atoms with Crippen LogP contribution in [0.4, 0.5) is 10.1 Å².